The highest BCUT2D eigenvalue weighted by Crippen LogP contribution is 2.24. The molecule has 2 nitrogen and oxygen atoms in total. The first-order valence-electron chi connectivity index (χ1n) is 4.53. The Morgan fingerprint density at radius 3 is 3.15 bits per heavy atom. The Hall–Kier alpha value is -0.120. The van der Waals surface area contributed by atoms with E-state index in [1.165, 1.54) is 4.88 Å². The van der Waals surface area contributed by atoms with Gasteiger partial charge in [-0.15, -0.1) is 11.6 Å². The van der Waals surface area contributed by atoms with Crippen LogP contribution in [0.25, 0.3) is 0 Å². The van der Waals surface area contributed by atoms with Crippen molar-refractivity contribution in [1.29, 1.82) is 0 Å². The van der Waals surface area contributed by atoms with Crippen molar-refractivity contribution in [2.24, 2.45) is 0 Å². The lowest BCUT2D eigenvalue weighted by molar-refractivity contribution is 0.263. The van der Waals surface area contributed by atoms with E-state index in [9.17, 15) is 0 Å². The van der Waals surface area contributed by atoms with Crippen molar-refractivity contribution in [3.63, 3.8) is 0 Å². The van der Waals surface area contributed by atoms with Gasteiger partial charge in [-0.2, -0.15) is 0 Å². The second kappa shape index (κ2) is 3.95. The predicted octanol–water partition coefficient (Wildman–Crippen LogP) is 2.34. The van der Waals surface area contributed by atoms with Gasteiger partial charge in [-0.3, -0.25) is 4.90 Å². The number of alkyl halides is 1. The smallest absolute Gasteiger partial charge is 0.0478 e. The molecule has 2 atom stereocenters. The quantitative estimate of drug-likeness (QED) is 0.706. The fourth-order valence-electron chi connectivity index (χ4n) is 1.77. The highest BCUT2D eigenvalue weighted by molar-refractivity contribution is 7.05. The summed E-state index contributed by atoms with van der Waals surface area (Å²) in [6.07, 6.45) is 2.97. The van der Waals surface area contributed by atoms with E-state index in [1.54, 1.807) is 11.5 Å². The van der Waals surface area contributed by atoms with Crippen LogP contribution in [0, 0.1) is 0 Å². The minimum absolute atomic E-state index is 0.336. The molecule has 1 aliphatic rings. The Kier molecular flexibility index (Phi) is 2.86. The number of nitrogens with zero attached hydrogens (tertiary/aromatic N) is 2. The zero-order chi connectivity index (χ0) is 9.26. The molecule has 0 amide bonds. The van der Waals surface area contributed by atoms with Crippen molar-refractivity contribution in [2.45, 2.75) is 31.3 Å². The third-order valence-electron chi connectivity index (χ3n) is 2.50. The van der Waals surface area contributed by atoms with E-state index in [0.29, 0.717) is 11.4 Å². The van der Waals surface area contributed by atoms with Crippen molar-refractivity contribution in [2.75, 3.05) is 6.54 Å². The van der Waals surface area contributed by atoms with E-state index in [2.05, 4.69) is 22.3 Å². The molecular formula is C9H13ClN2S. The van der Waals surface area contributed by atoms with Crippen LogP contribution in [0.5, 0.6) is 0 Å². The number of likely N-dealkylation sites (tertiary alicyclic amines) is 1. The first kappa shape index (κ1) is 9.44. The molecular weight excluding hydrogens is 204 g/mol. The van der Waals surface area contributed by atoms with E-state index < -0.39 is 0 Å². The fourth-order valence-corrected chi connectivity index (χ4v) is 2.81. The Morgan fingerprint density at radius 1 is 1.77 bits per heavy atom. The van der Waals surface area contributed by atoms with Crippen LogP contribution < -0.4 is 0 Å². The number of aromatic nitrogens is 1. The number of halogens is 1. The molecule has 2 rings (SSSR count). The second-order valence-corrected chi connectivity index (χ2v) is 5.13. The van der Waals surface area contributed by atoms with Crippen LogP contribution in [0.15, 0.2) is 12.3 Å². The summed E-state index contributed by atoms with van der Waals surface area (Å²) in [5.41, 5.74) is 0. The summed E-state index contributed by atoms with van der Waals surface area (Å²) in [5, 5.41) is 0.336. The van der Waals surface area contributed by atoms with Crippen LogP contribution in [0.3, 0.4) is 0 Å². The molecule has 1 aliphatic heterocycles. The standard InChI is InChI=1S/C9H13ClN2S/c1-7-4-8(10)5-12(7)6-9-2-3-11-13-9/h2-3,7-8H,4-6H2,1H3. The molecule has 0 aromatic carbocycles. The SMILES string of the molecule is CC1CC(Cl)CN1Cc1ccns1. The largest absolute Gasteiger partial charge is 0.294 e. The summed E-state index contributed by atoms with van der Waals surface area (Å²) in [4.78, 5) is 3.75. The predicted molar refractivity (Wildman–Crippen MR) is 56.2 cm³/mol. The maximum atomic E-state index is 6.09. The molecule has 0 radical (unpaired) electrons. The van der Waals surface area contributed by atoms with E-state index >= 15 is 0 Å². The van der Waals surface area contributed by atoms with Gasteiger partial charge in [0, 0.05) is 35.6 Å². The van der Waals surface area contributed by atoms with Crippen molar-refractivity contribution in [3.05, 3.63) is 17.1 Å². The molecule has 72 valence electrons. The lowest BCUT2D eigenvalue weighted by Crippen LogP contribution is -2.26. The number of hydrogen-bond donors (Lipinski definition) is 0. The number of hydrogen-bond acceptors (Lipinski definition) is 3. The van der Waals surface area contributed by atoms with Crippen LogP contribution in [-0.4, -0.2) is 27.2 Å². The lowest BCUT2D eigenvalue weighted by Gasteiger charge is -2.19. The van der Waals surface area contributed by atoms with Crippen molar-refractivity contribution in [1.82, 2.24) is 9.27 Å². The molecule has 2 unspecified atom stereocenters. The summed E-state index contributed by atoms with van der Waals surface area (Å²) in [5.74, 6) is 0. The molecule has 1 aromatic heterocycles. The Labute approximate surface area is 87.7 Å². The maximum Gasteiger partial charge on any atom is 0.0478 e. The molecule has 1 saturated heterocycles. The minimum atomic E-state index is 0.336. The zero-order valence-electron chi connectivity index (χ0n) is 7.61. The highest BCUT2D eigenvalue weighted by Gasteiger charge is 2.27. The molecule has 0 aliphatic carbocycles. The average Bonchev–Trinajstić information content (AvgIpc) is 2.63. The van der Waals surface area contributed by atoms with Gasteiger partial charge in [0.05, 0.1) is 0 Å². The molecule has 2 heterocycles. The summed E-state index contributed by atoms with van der Waals surface area (Å²) < 4.78 is 4.09. The lowest BCUT2D eigenvalue weighted by atomic mass is 10.2. The summed E-state index contributed by atoms with van der Waals surface area (Å²) in [6, 6.07) is 2.70. The fraction of sp³-hybridized carbons (Fsp3) is 0.667. The van der Waals surface area contributed by atoms with Crippen LogP contribution >= 0.6 is 23.1 Å². The van der Waals surface area contributed by atoms with Gasteiger partial charge in [-0.05, 0) is 30.9 Å². The molecule has 0 bridgehead atoms. The van der Waals surface area contributed by atoms with Crippen LogP contribution in [0.4, 0.5) is 0 Å². The second-order valence-electron chi connectivity index (χ2n) is 3.59. The van der Waals surface area contributed by atoms with Gasteiger partial charge < -0.3 is 0 Å². The van der Waals surface area contributed by atoms with Crippen molar-refractivity contribution >= 4 is 23.1 Å². The first-order chi connectivity index (χ1) is 6.25. The molecule has 4 heteroatoms. The van der Waals surface area contributed by atoms with Gasteiger partial charge in [0.15, 0.2) is 0 Å². The Bertz CT molecular complexity index is 263. The maximum absolute atomic E-state index is 6.09. The zero-order valence-corrected chi connectivity index (χ0v) is 9.18. The van der Waals surface area contributed by atoms with Gasteiger partial charge in [0.1, 0.15) is 0 Å². The average molecular weight is 217 g/mol. The van der Waals surface area contributed by atoms with Crippen molar-refractivity contribution < 1.29 is 0 Å². The summed E-state index contributed by atoms with van der Waals surface area (Å²) in [7, 11) is 0. The summed E-state index contributed by atoms with van der Waals surface area (Å²) in [6.45, 7) is 4.26. The van der Waals surface area contributed by atoms with E-state index in [1.807, 2.05) is 6.20 Å². The molecule has 0 saturated carbocycles. The number of rotatable bonds is 2. The molecule has 0 spiro atoms. The van der Waals surface area contributed by atoms with Crippen LogP contribution in [-0.2, 0) is 6.54 Å². The van der Waals surface area contributed by atoms with Crippen LogP contribution in [0.2, 0.25) is 0 Å². The topological polar surface area (TPSA) is 16.1 Å². The minimum Gasteiger partial charge on any atom is -0.294 e. The third-order valence-corrected chi connectivity index (χ3v) is 3.55. The highest BCUT2D eigenvalue weighted by atomic mass is 35.5. The van der Waals surface area contributed by atoms with Crippen molar-refractivity contribution in [3.8, 4) is 0 Å². The van der Waals surface area contributed by atoms with Gasteiger partial charge in [-0.1, -0.05) is 0 Å². The molecule has 1 fully saturated rings. The Morgan fingerprint density at radius 2 is 2.62 bits per heavy atom. The molecule has 1 aromatic rings. The third kappa shape index (κ3) is 2.22. The monoisotopic (exact) mass is 216 g/mol. The molecule has 13 heavy (non-hydrogen) atoms. The Balaban J connectivity index is 1.95. The van der Waals surface area contributed by atoms with Gasteiger partial charge >= 0.3 is 0 Å². The van der Waals surface area contributed by atoms with E-state index in [0.717, 1.165) is 19.5 Å². The first-order valence-corrected chi connectivity index (χ1v) is 5.74. The van der Waals surface area contributed by atoms with Crippen LogP contribution in [0.1, 0.15) is 18.2 Å². The normalized spacial score (nSPS) is 29.7. The van der Waals surface area contributed by atoms with E-state index in [4.69, 9.17) is 11.6 Å². The summed E-state index contributed by atoms with van der Waals surface area (Å²) >= 11 is 7.67. The van der Waals surface area contributed by atoms with Gasteiger partial charge in [0.25, 0.3) is 0 Å². The molecule has 0 N–H and O–H groups in total. The van der Waals surface area contributed by atoms with Gasteiger partial charge in [-0.25, -0.2) is 4.37 Å². The van der Waals surface area contributed by atoms with E-state index in [-0.39, 0.29) is 0 Å². The van der Waals surface area contributed by atoms with Gasteiger partial charge in [0.2, 0.25) is 0 Å².